The number of benzene rings is 2. The molecule has 0 atom stereocenters. The van der Waals surface area contributed by atoms with Crippen LogP contribution in [0.15, 0.2) is 48.5 Å². The Morgan fingerprint density at radius 1 is 1.23 bits per heavy atom. The monoisotopic (exact) mass is 351 g/mol. The van der Waals surface area contributed by atoms with E-state index in [2.05, 4.69) is 22.4 Å². The van der Waals surface area contributed by atoms with Crippen LogP contribution in [0.5, 0.6) is 5.75 Å². The Labute approximate surface area is 153 Å². The fourth-order valence-electron chi connectivity index (χ4n) is 3.16. The topological polar surface area (TPSA) is 69.8 Å². The van der Waals surface area contributed by atoms with Crippen molar-refractivity contribution in [3.63, 3.8) is 0 Å². The molecule has 6 nitrogen and oxygen atoms in total. The van der Waals surface area contributed by atoms with Crippen molar-refractivity contribution < 1.29 is 14.4 Å². The molecule has 1 aliphatic heterocycles. The van der Waals surface area contributed by atoms with E-state index < -0.39 is 0 Å². The van der Waals surface area contributed by atoms with Gasteiger partial charge in [-0.25, -0.2) is 0 Å². The molecule has 1 fully saturated rings. The third-order valence-electron chi connectivity index (χ3n) is 4.58. The Bertz CT molecular complexity index is 807. The second kappa shape index (κ2) is 8.37. The highest BCUT2D eigenvalue weighted by molar-refractivity contribution is 5.91. The van der Waals surface area contributed by atoms with E-state index in [0.717, 1.165) is 37.6 Å². The number of nitrogens with one attached hydrogen (secondary N) is 2. The Morgan fingerprint density at radius 3 is 2.73 bits per heavy atom. The maximum Gasteiger partial charge on any atom is 0.279 e. The standard InChI is InChI=1S/C20H22N4O2/c1-26-19-7-3-6-18(13-19)24-10-8-23(9-11-24)15-20(25)22-17-5-2-4-16(12-17)14-21/h2-7,12-13H,8-11,15H2,1H3,(H,22,25)/p+1. The average Bonchev–Trinajstić information content (AvgIpc) is 2.68. The van der Waals surface area contributed by atoms with Gasteiger partial charge in [0.15, 0.2) is 6.54 Å². The predicted molar refractivity (Wildman–Crippen MR) is 101 cm³/mol. The second-order valence-corrected chi connectivity index (χ2v) is 6.36. The van der Waals surface area contributed by atoms with Crippen LogP contribution in [0.3, 0.4) is 0 Å². The van der Waals surface area contributed by atoms with Crippen LogP contribution >= 0.6 is 0 Å². The minimum atomic E-state index is -0.0232. The van der Waals surface area contributed by atoms with Gasteiger partial charge in [0.25, 0.3) is 5.91 Å². The van der Waals surface area contributed by atoms with Gasteiger partial charge in [0.1, 0.15) is 5.75 Å². The van der Waals surface area contributed by atoms with Gasteiger partial charge >= 0.3 is 0 Å². The lowest BCUT2D eigenvalue weighted by Crippen LogP contribution is -3.15. The number of carbonyl (C=O) groups is 1. The van der Waals surface area contributed by atoms with E-state index in [4.69, 9.17) is 10.00 Å². The molecular weight excluding hydrogens is 328 g/mol. The van der Waals surface area contributed by atoms with Gasteiger partial charge in [-0.05, 0) is 30.3 Å². The molecule has 1 amide bonds. The number of quaternary nitrogens is 1. The second-order valence-electron chi connectivity index (χ2n) is 6.36. The number of nitriles is 1. The van der Waals surface area contributed by atoms with Crippen molar-refractivity contribution in [1.82, 2.24) is 0 Å². The molecule has 0 unspecified atom stereocenters. The zero-order chi connectivity index (χ0) is 18.4. The number of carbonyl (C=O) groups excluding carboxylic acids is 1. The summed E-state index contributed by atoms with van der Waals surface area (Å²) in [5, 5.41) is 11.8. The molecule has 0 spiro atoms. The summed E-state index contributed by atoms with van der Waals surface area (Å²) in [7, 11) is 1.67. The molecule has 0 radical (unpaired) electrons. The van der Waals surface area contributed by atoms with Crippen LogP contribution in [-0.4, -0.2) is 45.7 Å². The molecule has 2 aromatic rings. The van der Waals surface area contributed by atoms with E-state index in [0.29, 0.717) is 17.8 Å². The number of rotatable bonds is 5. The van der Waals surface area contributed by atoms with Crippen molar-refractivity contribution in [3.8, 4) is 11.8 Å². The SMILES string of the molecule is COc1cccc(N2CC[NH+](CC(=O)Nc3cccc(C#N)c3)CC2)c1. The zero-order valence-corrected chi connectivity index (χ0v) is 14.9. The number of hydrogen-bond donors (Lipinski definition) is 2. The molecule has 0 aromatic heterocycles. The lowest BCUT2D eigenvalue weighted by molar-refractivity contribution is -0.892. The van der Waals surface area contributed by atoms with Crippen molar-refractivity contribution in [2.45, 2.75) is 0 Å². The summed E-state index contributed by atoms with van der Waals surface area (Å²) in [6.45, 7) is 4.05. The van der Waals surface area contributed by atoms with Crippen molar-refractivity contribution >= 4 is 17.3 Å². The summed E-state index contributed by atoms with van der Waals surface area (Å²) >= 11 is 0. The Balaban J connectivity index is 1.50. The molecule has 3 rings (SSSR count). The first-order valence-corrected chi connectivity index (χ1v) is 8.70. The summed E-state index contributed by atoms with van der Waals surface area (Å²) in [5.74, 6) is 0.834. The first kappa shape index (κ1) is 17.8. The van der Waals surface area contributed by atoms with E-state index in [-0.39, 0.29) is 5.91 Å². The average molecular weight is 351 g/mol. The Morgan fingerprint density at radius 2 is 2.00 bits per heavy atom. The van der Waals surface area contributed by atoms with Crippen LogP contribution in [0.25, 0.3) is 0 Å². The number of ether oxygens (including phenoxy) is 1. The maximum absolute atomic E-state index is 12.3. The van der Waals surface area contributed by atoms with Crippen molar-refractivity contribution in [1.29, 1.82) is 5.26 Å². The summed E-state index contributed by atoms with van der Waals surface area (Å²) in [4.78, 5) is 15.9. The van der Waals surface area contributed by atoms with Crippen LogP contribution in [0.4, 0.5) is 11.4 Å². The van der Waals surface area contributed by atoms with Gasteiger partial charge in [-0.15, -0.1) is 0 Å². The van der Waals surface area contributed by atoms with Gasteiger partial charge in [0.05, 0.1) is 44.9 Å². The van der Waals surface area contributed by atoms with E-state index in [1.165, 1.54) is 4.90 Å². The van der Waals surface area contributed by atoms with Gasteiger partial charge in [0.2, 0.25) is 0 Å². The molecule has 2 N–H and O–H groups in total. The van der Waals surface area contributed by atoms with Crippen LogP contribution in [-0.2, 0) is 4.79 Å². The quantitative estimate of drug-likeness (QED) is 0.840. The number of piperazine rings is 1. The van der Waals surface area contributed by atoms with E-state index in [9.17, 15) is 4.79 Å². The van der Waals surface area contributed by atoms with Crippen LogP contribution in [0.1, 0.15) is 5.56 Å². The van der Waals surface area contributed by atoms with Crippen LogP contribution < -0.4 is 19.9 Å². The van der Waals surface area contributed by atoms with Crippen molar-refractivity contribution in [3.05, 3.63) is 54.1 Å². The molecule has 26 heavy (non-hydrogen) atoms. The first-order valence-electron chi connectivity index (χ1n) is 8.70. The summed E-state index contributed by atoms with van der Waals surface area (Å²) in [6, 6.07) is 17.1. The normalized spacial score (nSPS) is 14.5. The Kier molecular flexibility index (Phi) is 5.72. The molecule has 1 aliphatic rings. The molecule has 2 aromatic carbocycles. The zero-order valence-electron chi connectivity index (χ0n) is 14.9. The highest BCUT2D eigenvalue weighted by atomic mass is 16.5. The lowest BCUT2D eigenvalue weighted by Gasteiger charge is -2.33. The third kappa shape index (κ3) is 4.52. The summed E-state index contributed by atoms with van der Waals surface area (Å²) in [6.07, 6.45) is 0. The number of hydrogen-bond acceptors (Lipinski definition) is 4. The minimum Gasteiger partial charge on any atom is -0.497 e. The summed E-state index contributed by atoms with van der Waals surface area (Å²) in [5.41, 5.74) is 2.37. The fourth-order valence-corrected chi connectivity index (χ4v) is 3.16. The van der Waals surface area contributed by atoms with Gasteiger partial charge in [0, 0.05) is 17.4 Å². The first-order chi connectivity index (χ1) is 12.7. The number of anilines is 2. The third-order valence-corrected chi connectivity index (χ3v) is 4.58. The largest absolute Gasteiger partial charge is 0.497 e. The lowest BCUT2D eigenvalue weighted by atomic mass is 10.2. The molecule has 0 saturated carbocycles. The van der Waals surface area contributed by atoms with Gasteiger partial charge in [-0.2, -0.15) is 5.26 Å². The smallest absolute Gasteiger partial charge is 0.279 e. The molecule has 1 saturated heterocycles. The number of amides is 1. The van der Waals surface area contributed by atoms with Crippen molar-refractivity contribution in [2.24, 2.45) is 0 Å². The number of methoxy groups -OCH3 is 1. The number of nitrogens with zero attached hydrogens (tertiary/aromatic N) is 2. The van der Waals surface area contributed by atoms with Crippen LogP contribution in [0, 0.1) is 11.3 Å². The Hall–Kier alpha value is -3.04. The highest BCUT2D eigenvalue weighted by Crippen LogP contribution is 2.20. The molecule has 0 aliphatic carbocycles. The minimum absolute atomic E-state index is 0.0232. The molecule has 134 valence electrons. The van der Waals surface area contributed by atoms with E-state index in [1.54, 1.807) is 31.4 Å². The fraction of sp³-hybridized carbons (Fsp3) is 0.300. The molecule has 0 bridgehead atoms. The highest BCUT2D eigenvalue weighted by Gasteiger charge is 2.22. The van der Waals surface area contributed by atoms with E-state index in [1.807, 2.05) is 18.2 Å². The summed E-state index contributed by atoms with van der Waals surface area (Å²) < 4.78 is 5.29. The van der Waals surface area contributed by atoms with Crippen molar-refractivity contribution in [2.75, 3.05) is 50.1 Å². The predicted octanol–water partition coefficient (Wildman–Crippen LogP) is 0.910. The van der Waals surface area contributed by atoms with Gasteiger partial charge < -0.3 is 19.9 Å². The maximum atomic E-state index is 12.3. The van der Waals surface area contributed by atoms with Crippen LogP contribution in [0.2, 0.25) is 0 Å². The van der Waals surface area contributed by atoms with Gasteiger partial charge in [-0.1, -0.05) is 12.1 Å². The van der Waals surface area contributed by atoms with E-state index >= 15 is 0 Å². The van der Waals surface area contributed by atoms with Gasteiger partial charge in [-0.3, -0.25) is 4.79 Å². The molecule has 6 heteroatoms. The molecular formula is C20H23N4O2+. The molecule has 1 heterocycles.